The van der Waals surface area contributed by atoms with Crippen molar-refractivity contribution >= 4 is 10.8 Å². The van der Waals surface area contributed by atoms with E-state index in [-0.39, 0.29) is 6.61 Å². The lowest BCUT2D eigenvalue weighted by molar-refractivity contribution is -0.0418. The van der Waals surface area contributed by atoms with E-state index < -0.39 is 5.60 Å². The fourth-order valence-corrected chi connectivity index (χ4v) is 2.45. The Labute approximate surface area is 113 Å². The molecule has 0 radical (unpaired) electrons. The molecule has 1 unspecified atom stereocenters. The van der Waals surface area contributed by atoms with Crippen molar-refractivity contribution in [3.8, 4) is 0 Å². The summed E-state index contributed by atoms with van der Waals surface area (Å²) in [7, 11) is 1.60. The second-order valence-corrected chi connectivity index (χ2v) is 4.76. The van der Waals surface area contributed by atoms with Crippen LogP contribution in [0.4, 0.5) is 0 Å². The predicted molar refractivity (Wildman–Crippen MR) is 75.8 cm³/mol. The van der Waals surface area contributed by atoms with Crippen LogP contribution in [0.1, 0.15) is 18.4 Å². The number of nitrogens with two attached hydrogens (primary N) is 1. The minimum absolute atomic E-state index is 0.258. The Morgan fingerprint density at radius 2 is 2.21 bits per heavy atom. The number of hydrogen-bond acceptors (Lipinski definition) is 4. The fraction of sp³-hybridized carbons (Fsp3) is 0.400. The quantitative estimate of drug-likeness (QED) is 0.831. The summed E-state index contributed by atoms with van der Waals surface area (Å²) >= 11 is 0. The van der Waals surface area contributed by atoms with Crippen LogP contribution in [0.15, 0.2) is 36.7 Å². The van der Waals surface area contributed by atoms with E-state index in [9.17, 15) is 5.11 Å². The normalized spacial score (nSPS) is 14.5. The van der Waals surface area contributed by atoms with Crippen molar-refractivity contribution in [3.63, 3.8) is 0 Å². The van der Waals surface area contributed by atoms with Gasteiger partial charge >= 0.3 is 0 Å². The van der Waals surface area contributed by atoms with E-state index in [1.807, 2.05) is 24.3 Å². The molecule has 1 aromatic carbocycles. The third-order valence-electron chi connectivity index (χ3n) is 3.36. The molecule has 0 aliphatic rings. The lowest BCUT2D eigenvalue weighted by Gasteiger charge is -2.29. The summed E-state index contributed by atoms with van der Waals surface area (Å²) in [6.07, 6.45) is 4.87. The van der Waals surface area contributed by atoms with Crippen LogP contribution < -0.4 is 5.73 Å². The van der Waals surface area contributed by atoms with Gasteiger partial charge in [-0.25, -0.2) is 0 Å². The zero-order chi connectivity index (χ0) is 13.7. The summed E-state index contributed by atoms with van der Waals surface area (Å²) in [5.74, 6) is 0. The first kappa shape index (κ1) is 13.9. The van der Waals surface area contributed by atoms with Gasteiger partial charge in [-0.05, 0) is 36.4 Å². The minimum atomic E-state index is -1.00. The summed E-state index contributed by atoms with van der Waals surface area (Å²) in [5, 5.41) is 12.9. The molecule has 0 bridgehead atoms. The molecule has 1 heterocycles. The van der Waals surface area contributed by atoms with Gasteiger partial charge in [0.2, 0.25) is 0 Å². The van der Waals surface area contributed by atoms with Gasteiger partial charge in [-0.3, -0.25) is 4.98 Å². The van der Waals surface area contributed by atoms with Gasteiger partial charge in [0.1, 0.15) is 5.60 Å². The smallest absolute Gasteiger partial charge is 0.113 e. The standard InChI is InChI=1S/C15H20N2O2/c1-19-11-15(18,7-3-8-16)14-5-2-4-12-10-17-9-6-13(12)14/h2,4-6,9-10,18H,3,7-8,11,16H2,1H3. The van der Waals surface area contributed by atoms with Gasteiger partial charge in [0.05, 0.1) is 6.61 Å². The Hall–Kier alpha value is -1.49. The number of fused-ring (bicyclic) bond motifs is 1. The van der Waals surface area contributed by atoms with Crippen LogP contribution in [0, 0.1) is 0 Å². The van der Waals surface area contributed by atoms with Crippen LogP contribution in [-0.2, 0) is 10.3 Å². The van der Waals surface area contributed by atoms with Crippen LogP contribution in [0.5, 0.6) is 0 Å². The van der Waals surface area contributed by atoms with Gasteiger partial charge < -0.3 is 15.6 Å². The number of nitrogens with zero attached hydrogens (tertiary/aromatic N) is 1. The lowest BCUT2D eigenvalue weighted by atomic mass is 9.86. The molecule has 4 nitrogen and oxygen atoms in total. The maximum absolute atomic E-state index is 10.9. The lowest BCUT2D eigenvalue weighted by Crippen LogP contribution is -2.32. The Kier molecular flexibility index (Phi) is 4.47. The van der Waals surface area contributed by atoms with E-state index in [0.29, 0.717) is 13.0 Å². The Bertz CT molecular complexity index is 539. The van der Waals surface area contributed by atoms with Crippen molar-refractivity contribution in [2.45, 2.75) is 18.4 Å². The summed E-state index contributed by atoms with van der Waals surface area (Å²) in [4.78, 5) is 4.11. The number of aliphatic hydroxyl groups is 1. The molecule has 19 heavy (non-hydrogen) atoms. The highest BCUT2D eigenvalue weighted by molar-refractivity contribution is 5.85. The monoisotopic (exact) mass is 260 g/mol. The van der Waals surface area contributed by atoms with Gasteiger partial charge in [-0.1, -0.05) is 18.2 Å². The summed E-state index contributed by atoms with van der Waals surface area (Å²) in [6.45, 7) is 0.812. The van der Waals surface area contributed by atoms with E-state index >= 15 is 0 Å². The van der Waals surface area contributed by atoms with Gasteiger partial charge in [-0.15, -0.1) is 0 Å². The first-order chi connectivity index (χ1) is 9.21. The molecule has 2 aromatic rings. The average Bonchev–Trinajstić information content (AvgIpc) is 2.45. The van der Waals surface area contributed by atoms with Crippen molar-refractivity contribution in [2.24, 2.45) is 5.73 Å². The van der Waals surface area contributed by atoms with Crippen molar-refractivity contribution in [2.75, 3.05) is 20.3 Å². The maximum atomic E-state index is 10.9. The van der Waals surface area contributed by atoms with Crippen molar-refractivity contribution in [1.29, 1.82) is 0 Å². The Morgan fingerprint density at radius 3 is 2.95 bits per heavy atom. The molecule has 4 heteroatoms. The third-order valence-corrected chi connectivity index (χ3v) is 3.36. The Balaban J connectivity index is 2.49. The fourth-order valence-electron chi connectivity index (χ4n) is 2.45. The molecule has 1 aromatic heterocycles. The highest BCUT2D eigenvalue weighted by Crippen LogP contribution is 2.32. The molecule has 3 N–H and O–H groups in total. The van der Waals surface area contributed by atoms with Crippen molar-refractivity contribution in [1.82, 2.24) is 4.98 Å². The van der Waals surface area contributed by atoms with Crippen LogP contribution >= 0.6 is 0 Å². The number of ether oxygens (including phenoxy) is 1. The zero-order valence-electron chi connectivity index (χ0n) is 11.2. The van der Waals surface area contributed by atoms with Gasteiger partial charge in [0.25, 0.3) is 0 Å². The van der Waals surface area contributed by atoms with E-state index in [2.05, 4.69) is 4.98 Å². The van der Waals surface area contributed by atoms with Crippen LogP contribution in [0.3, 0.4) is 0 Å². The number of methoxy groups -OCH3 is 1. The topological polar surface area (TPSA) is 68.4 Å². The molecule has 0 saturated heterocycles. The summed E-state index contributed by atoms with van der Waals surface area (Å²) in [5.41, 5.74) is 5.43. The Morgan fingerprint density at radius 1 is 1.37 bits per heavy atom. The molecule has 0 aliphatic heterocycles. The summed E-state index contributed by atoms with van der Waals surface area (Å²) in [6, 6.07) is 7.79. The van der Waals surface area contributed by atoms with Gasteiger partial charge in [-0.2, -0.15) is 0 Å². The highest BCUT2D eigenvalue weighted by atomic mass is 16.5. The van der Waals surface area contributed by atoms with E-state index in [0.717, 1.165) is 22.8 Å². The molecule has 0 saturated carbocycles. The largest absolute Gasteiger partial charge is 0.383 e. The number of rotatable bonds is 6. The predicted octanol–water partition coefficient (Wildman–Crippen LogP) is 1.81. The number of benzene rings is 1. The van der Waals surface area contributed by atoms with Crippen LogP contribution in [0.25, 0.3) is 10.8 Å². The van der Waals surface area contributed by atoms with Crippen molar-refractivity contribution < 1.29 is 9.84 Å². The van der Waals surface area contributed by atoms with Gasteiger partial charge in [0, 0.05) is 24.9 Å². The van der Waals surface area contributed by atoms with E-state index in [4.69, 9.17) is 10.5 Å². The molecule has 0 aliphatic carbocycles. The SMILES string of the molecule is COCC(O)(CCCN)c1cccc2cnccc12. The number of aromatic nitrogens is 1. The first-order valence-electron chi connectivity index (χ1n) is 6.46. The molecule has 0 fully saturated rings. The van der Waals surface area contributed by atoms with E-state index in [1.165, 1.54) is 0 Å². The second-order valence-electron chi connectivity index (χ2n) is 4.76. The second kappa shape index (κ2) is 6.10. The van der Waals surface area contributed by atoms with Gasteiger partial charge in [0.15, 0.2) is 0 Å². The van der Waals surface area contributed by atoms with Crippen LogP contribution in [-0.4, -0.2) is 30.4 Å². The molecule has 0 spiro atoms. The molecular formula is C15H20N2O2. The first-order valence-corrected chi connectivity index (χ1v) is 6.46. The number of pyridine rings is 1. The molecule has 1 atom stereocenters. The molecule has 0 amide bonds. The minimum Gasteiger partial charge on any atom is -0.383 e. The third kappa shape index (κ3) is 2.92. The van der Waals surface area contributed by atoms with Crippen molar-refractivity contribution in [3.05, 3.63) is 42.2 Å². The van der Waals surface area contributed by atoms with Crippen LogP contribution in [0.2, 0.25) is 0 Å². The molecule has 102 valence electrons. The number of hydrogen-bond donors (Lipinski definition) is 2. The highest BCUT2D eigenvalue weighted by Gasteiger charge is 2.30. The average molecular weight is 260 g/mol. The summed E-state index contributed by atoms with van der Waals surface area (Å²) < 4.78 is 5.20. The maximum Gasteiger partial charge on any atom is 0.113 e. The molecular weight excluding hydrogens is 240 g/mol. The molecule has 2 rings (SSSR count). The zero-order valence-corrected chi connectivity index (χ0v) is 11.2. The van der Waals surface area contributed by atoms with E-state index in [1.54, 1.807) is 19.5 Å².